The van der Waals surface area contributed by atoms with Crippen molar-refractivity contribution in [2.24, 2.45) is 0 Å². The third-order valence-corrected chi connectivity index (χ3v) is 5.85. The Morgan fingerprint density at radius 2 is 1.72 bits per heavy atom. The maximum Gasteiger partial charge on any atom is 0.223 e. The molecule has 4 rings (SSSR count). The number of anilines is 1. The zero-order valence-electron chi connectivity index (χ0n) is 18.8. The number of carbonyl (C=O) groups is 1. The molecule has 0 unspecified atom stereocenters. The van der Waals surface area contributed by atoms with Crippen molar-refractivity contribution in [3.63, 3.8) is 0 Å². The lowest BCUT2D eigenvalue weighted by Gasteiger charge is -2.36. The largest absolute Gasteiger partial charge is 0.493 e. The van der Waals surface area contributed by atoms with Crippen LogP contribution in [-0.4, -0.2) is 56.2 Å². The predicted molar refractivity (Wildman–Crippen MR) is 123 cm³/mol. The Kier molecular flexibility index (Phi) is 6.63. The third kappa shape index (κ3) is 4.88. The fourth-order valence-corrected chi connectivity index (χ4v) is 3.99. The maximum absolute atomic E-state index is 12.7. The van der Waals surface area contributed by atoms with Crippen LogP contribution >= 0.6 is 0 Å². The molecule has 7 nitrogen and oxygen atoms in total. The summed E-state index contributed by atoms with van der Waals surface area (Å²) in [6, 6.07) is 14.1. The Labute approximate surface area is 188 Å². The van der Waals surface area contributed by atoms with Gasteiger partial charge in [-0.25, -0.2) is 4.98 Å². The molecule has 0 saturated carbocycles. The zero-order valence-corrected chi connectivity index (χ0v) is 18.8. The summed E-state index contributed by atoms with van der Waals surface area (Å²) in [6.45, 7) is 4.94. The van der Waals surface area contributed by atoms with Gasteiger partial charge in [-0.3, -0.25) is 4.79 Å². The van der Waals surface area contributed by atoms with E-state index >= 15 is 0 Å². The Bertz CT molecular complexity index is 1050. The van der Waals surface area contributed by atoms with Crippen molar-refractivity contribution in [1.29, 1.82) is 0 Å². The summed E-state index contributed by atoms with van der Waals surface area (Å²) < 4.78 is 16.2. The average molecular weight is 436 g/mol. The molecule has 1 saturated heterocycles. The van der Waals surface area contributed by atoms with Crippen LogP contribution in [0.5, 0.6) is 11.5 Å². The van der Waals surface area contributed by atoms with Crippen LogP contribution in [0, 0.1) is 6.92 Å². The summed E-state index contributed by atoms with van der Waals surface area (Å²) >= 11 is 0. The molecule has 1 aliphatic heterocycles. The van der Waals surface area contributed by atoms with Gasteiger partial charge in [0.1, 0.15) is 0 Å². The highest BCUT2D eigenvalue weighted by Gasteiger charge is 2.21. The Balaban J connectivity index is 1.28. The van der Waals surface area contributed by atoms with Crippen molar-refractivity contribution < 1.29 is 18.7 Å². The van der Waals surface area contributed by atoms with E-state index in [-0.39, 0.29) is 5.91 Å². The Morgan fingerprint density at radius 3 is 2.34 bits per heavy atom. The van der Waals surface area contributed by atoms with Gasteiger partial charge < -0.3 is 23.7 Å². The van der Waals surface area contributed by atoms with Crippen LogP contribution in [0.25, 0.3) is 11.3 Å². The number of nitrogens with zero attached hydrogens (tertiary/aromatic N) is 3. The second-order valence-electron chi connectivity index (χ2n) is 7.85. The highest BCUT2D eigenvalue weighted by atomic mass is 16.5. The highest BCUT2D eigenvalue weighted by Crippen LogP contribution is 2.28. The topological polar surface area (TPSA) is 68.0 Å². The minimum atomic E-state index is 0.190. The van der Waals surface area contributed by atoms with Crippen LogP contribution in [0.2, 0.25) is 0 Å². The van der Waals surface area contributed by atoms with E-state index in [0.717, 1.165) is 48.8 Å². The maximum atomic E-state index is 12.7. The minimum Gasteiger partial charge on any atom is -0.493 e. The molecule has 2 heterocycles. The fourth-order valence-electron chi connectivity index (χ4n) is 3.99. The van der Waals surface area contributed by atoms with E-state index in [9.17, 15) is 4.79 Å². The van der Waals surface area contributed by atoms with Gasteiger partial charge in [0.05, 0.1) is 20.4 Å². The Hall–Kier alpha value is -3.48. The van der Waals surface area contributed by atoms with Gasteiger partial charge >= 0.3 is 0 Å². The summed E-state index contributed by atoms with van der Waals surface area (Å²) in [5.74, 6) is 3.02. The van der Waals surface area contributed by atoms with Gasteiger partial charge in [-0.1, -0.05) is 6.07 Å². The van der Waals surface area contributed by atoms with E-state index in [1.165, 1.54) is 0 Å². The first-order valence-electron chi connectivity index (χ1n) is 10.8. The predicted octanol–water partition coefficient (Wildman–Crippen LogP) is 3.95. The number of hydrogen-bond donors (Lipinski definition) is 0. The summed E-state index contributed by atoms with van der Waals surface area (Å²) in [7, 11) is 3.24. The molecule has 1 fully saturated rings. The number of aromatic nitrogens is 1. The summed E-state index contributed by atoms with van der Waals surface area (Å²) in [6.07, 6.45) is 2.92. The zero-order chi connectivity index (χ0) is 22.5. The van der Waals surface area contributed by atoms with Crippen LogP contribution < -0.4 is 14.4 Å². The number of oxazole rings is 1. The number of piperazine rings is 1. The van der Waals surface area contributed by atoms with Crippen molar-refractivity contribution >= 4 is 11.6 Å². The van der Waals surface area contributed by atoms with E-state index in [2.05, 4.69) is 34.1 Å². The molecule has 0 N–H and O–H groups in total. The van der Waals surface area contributed by atoms with Gasteiger partial charge in [-0.15, -0.1) is 0 Å². The first-order chi connectivity index (χ1) is 15.6. The summed E-state index contributed by atoms with van der Waals surface area (Å²) in [4.78, 5) is 21.2. The monoisotopic (exact) mass is 435 g/mol. The Morgan fingerprint density at radius 1 is 1.00 bits per heavy atom. The van der Waals surface area contributed by atoms with Crippen molar-refractivity contribution in [2.45, 2.75) is 19.8 Å². The smallest absolute Gasteiger partial charge is 0.223 e. The van der Waals surface area contributed by atoms with Crippen LogP contribution in [0.1, 0.15) is 17.9 Å². The summed E-state index contributed by atoms with van der Waals surface area (Å²) in [5.41, 5.74) is 3.23. The van der Waals surface area contributed by atoms with Gasteiger partial charge in [0.15, 0.2) is 23.1 Å². The molecule has 0 atom stereocenters. The lowest BCUT2D eigenvalue weighted by molar-refractivity contribution is -0.131. The summed E-state index contributed by atoms with van der Waals surface area (Å²) in [5, 5.41) is 0. The molecule has 168 valence electrons. The number of benzene rings is 2. The van der Waals surface area contributed by atoms with Crippen LogP contribution in [0.15, 0.2) is 53.1 Å². The SMILES string of the molecule is COc1ccc(CCC(=O)N2CCN(c3ccc(-c4cnc(C)o4)cc3)CC2)cc1OC. The van der Waals surface area contributed by atoms with Crippen molar-refractivity contribution in [3.05, 3.63) is 60.1 Å². The van der Waals surface area contributed by atoms with Crippen LogP contribution in [0.4, 0.5) is 5.69 Å². The van der Waals surface area contributed by atoms with E-state index in [1.807, 2.05) is 30.0 Å². The molecule has 0 bridgehead atoms. The van der Waals surface area contributed by atoms with Crippen molar-refractivity contribution in [1.82, 2.24) is 9.88 Å². The minimum absolute atomic E-state index is 0.190. The number of amides is 1. The number of hydrogen-bond acceptors (Lipinski definition) is 6. The first kappa shape index (κ1) is 21.7. The highest BCUT2D eigenvalue weighted by molar-refractivity contribution is 5.77. The molecule has 3 aromatic rings. The van der Waals surface area contributed by atoms with Gasteiger partial charge in [0.25, 0.3) is 0 Å². The third-order valence-electron chi connectivity index (χ3n) is 5.85. The number of aryl methyl sites for hydroxylation is 2. The van der Waals surface area contributed by atoms with Gasteiger partial charge in [-0.2, -0.15) is 0 Å². The van der Waals surface area contributed by atoms with Crippen LogP contribution in [0.3, 0.4) is 0 Å². The molecular weight excluding hydrogens is 406 g/mol. The molecule has 32 heavy (non-hydrogen) atoms. The molecule has 1 amide bonds. The molecular formula is C25H29N3O4. The van der Waals surface area contributed by atoms with Gasteiger partial charge in [0.2, 0.25) is 5.91 Å². The molecule has 0 aliphatic carbocycles. The normalized spacial score (nSPS) is 13.8. The molecule has 7 heteroatoms. The first-order valence-corrected chi connectivity index (χ1v) is 10.8. The standard InChI is InChI=1S/C25H29N3O4/c1-18-26-17-24(32-18)20-6-8-21(9-7-20)27-12-14-28(15-13-27)25(29)11-5-19-4-10-22(30-2)23(16-19)31-3/h4,6-10,16-17H,5,11-15H2,1-3H3. The lowest BCUT2D eigenvalue weighted by atomic mass is 10.1. The molecule has 0 spiro atoms. The van der Waals surface area contributed by atoms with Crippen molar-refractivity contribution in [3.8, 4) is 22.8 Å². The number of methoxy groups -OCH3 is 2. The molecule has 2 aromatic carbocycles. The number of carbonyl (C=O) groups excluding carboxylic acids is 1. The van der Waals surface area contributed by atoms with E-state index < -0.39 is 0 Å². The number of rotatable bonds is 7. The van der Waals surface area contributed by atoms with Crippen molar-refractivity contribution in [2.75, 3.05) is 45.3 Å². The van der Waals surface area contributed by atoms with E-state index in [0.29, 0.717) is 30.2 Å². The lowest BCUT2D eigenvalue weighted by Crippen LogP contribution is -2.48. The van der Waals surface area contributed by atoms with E-state index in [4.69, 9.17) is 13.9 Å². The van der Waals surface area contributed by atoms with Crippen LogP contribution in [-0.2, 0) is 11.2 Å². The second kappa shape index (κ2) is 9.77. The molecule has 1 aliphatic rings. The average Bonchev–Trinajstić information content (AvgIpc) is 3.28. The molecule has 0 radical (unpaired) electrons. The van der Waals surface area contributed by atoms with E-state index in [1.54, 1.807) is 20.4 Å². The second-order valence-corrected chi connectivity index (χ2v) is 7.85. The fraction of sp³-hybridized carbons (Fsp3) is 0.360. The quantitative estimate of drug-likeness (QED) is 0.560. The molecule has 1 aromatic heterocycles. The van der Waals surface area contributed by atoms with Gasteiger partial charge in [0, 0.05) is 50.8 Å². The van der Waals surface area contributed by atoms with Gasteiger partial charge in [-0.05, 0) is 48.4 Å². The number of ether oxygens (including phenoxy) is 2.